The normalized spacial score (nSPS) is 37.7. The molecule has 35 heavy (non-hydrogen) atoms. The number of aliphatic hydroxyl groups excluding tert-OH is 3. The molecule has 3 N–H and O–H groups in total. The Hall–Kier alpha value is -0.320. The molecule has 2 heterocycles. The molecule has 0 bridgehead atoms. The van der Waals surface area contributed by atoms with Crippen molar-refractivity contribution in [1.82, 2.24) is 9.80 Å². The van der Waals surface area contributed by atoms with Crippen molar-refractivity contribution in [2.75, 3.05) is 28.2 Å². The van der Waals surface area contributed by atoms with Crippen LogP contribution in [0.5, 0.6) is 0 Å². The van der Waals surface area contributed by atoms with Gasteiger partial charge in [0.25, 0.3) is 0 Å². The SMILES string of the molecule is C.C.CC(C)C1OC(C)C(O)C(N(C)C)C1O.CC(C)OC1C(C)OC(C(C)C)C(O)C1N(C)C. The Morgan fingerprint density at radius 2 is 1.00 bits per heavy atom. The molecule has 2 rings (SSSR count). The van der Waals surface area contributed by atoms with Crippen molar-refractivity contribution >= 4 is 0 Å². The van der Waals surface area contributed by atoms with Gasteiger partial charge in [-0.05, 0) is 67.7 Å². The summed E-state index contributed by atoms with van der Waals surface area (Å²) in [5, 5.41) is 30.6. The Kier molecular flexibility index (Phi) is 16.7. The fraction of sp³-hybridized carbons (Fsp3) is 1.00. The number of nitrogens with zero attached hydrogens (tertiary/aromatic N) is 2. The third kappa shape index (κ3) is 9.49. The van der Waals surface area contributed by atoms with Crippen LogP contribution in [0.15, 0.2) is 0 Å². The van der Waals surface area contributed by atoms with Gasteiger partial charge in [0.1, 0.15) is 6.10 Å². The van der Waals surface area contributed by atoms with Crippen molar-refractivity contribution in [3.63, 3.8) is 0 Å². The molecule has 8 nitrogen and oxygen atoms in total. The van der Waals surface area contributed by atoms with Gasteiger partial charge in [0.15, 0.2) is 0 Å². The number of rotatable bonds is 6. The maximum Gasteiger partial charge on any atom is 0.102 e. The molecular weight excluding hydrogens is 448 g/mol. The molecule has 0 aromatic rings. The van der Waals surface area contributed by atoms with E-state index >= 15 is 0 Å². The van der Waals surface area contributed by atoms with E-state index < -0.39 is 18.3 Å². The van der Waals surface area contributed by atoms with Crippen LogP contribution >= 0.6 is 0 Å². The fourth-order valence-corrected chi connectivity index (χ4v) is 4.97. The zero-order valence-electron chi connectivity index (χ0n) is 23.0. The number of ether oxygens (including phenoxy) is 3. The highest BCUT2D eigenvalue weighted by atomic mass is 16.6. The van der Waals surface area contributed by atoms with Crippen molar-refractivity contribution in [3.8, 4) is 0 Å². The van der Waals surface area contributed by atoms with E-state index in [1.165, 1.54) is 0 Å². The molecule has 8 heteroatoms. The standard InChI is InChI=1S/C14H29NO3.C11H23NO3.2CH4/c1-8(2)13-12(16)11(15(6)7)14(10(5)18-13)17-9(3)4;1-6(2)11-10(14)8(12(4)5)9(13)7(3)15-11;;/h8-14,16H,1-7H3;6-11,13-14H,1-5H3;2*1H4. The van der Waals surface area contributed by atoms with Crippen LogP contribution in [-0.4, -0.2) is 120 Å². The van der Waals surface area contributed by atoms with Gasteiger partial charge in [-0.25, -0.2) is 0 Å². The summed E-state index contributed by atoms with van der Waals surface area (Å²) in [7, 11) is 7.71. The smallest absolute Gasteiger partial charge is 0.102 e. The van der Waals surface area contributed by atoms with E-state index in [2.05, 4.69) is 13.8 Å². The summed E-state index contributed by atoms with van der Waals surface area (Å²) in [5.41, 5.74) is 0. The third-order valence-corrected chi connectivity index (χ3v) is 6.68. The van der Waals surface area contributed by atoms with Crippen molar-refractivity contribution in [2.45, 2.75) is 137 Å². The maximum atomic E-state index is 10.5. The Morgan fingerprint density at radius 1 is 0.629 bits per heavy atom. The van der Waals surface area contributed by atoms with Gasteiger partial charge in [-0.2, -0.15) is 0 Å². The molecule has 0 aliphatic carbocycles. The second-order valence-electron chi connectivity index (χ2n) is 11.1. The first-order valence-electron chi connectivity index (χ1n) is 12.4. The second kappa shape index (κ2) is 15.8. The monoisotopic (exact) mass is 508 g/mol. The first kappa shape index (κ1) is 36.8. The van der Waals surface area contributed by atoms with E-state index in [1.54, 1.807) is 0 Å². The lowest BCUT2D eigenvalue weighted by atomic mass is 9.87. The molecule has 2 saturated heterocycles. The van der Waals surface area contributed by atoms with Gasteiger partial charge in [0.05, 0.1) is 60.9 Å². The molecule has 10 unspecified atom stereocenters. The van der Waals surface area contributed by atoms with Crippen LogP contribution in [0, 0.1) is 11.8 Å². The zero-order chi connectivity index (χ0) is 25.8. The van der Waals surface area contributed by atoms with Gasteiger partial charge in [-0.3, -0.25) is 0 Å². The van der Waals surface area contributed by atoms with Crippen LogP contribution in [0.2, 0.25) is 0 Å². The molecule has 0 amide bonds. The maximum absolute atomic E-state index is 10.5. The highest BCUT2D eigenvalue weighted by Gasteiger charge is 2.46. The molecule has 214 valence electrons. The Morgan fingerprint density at radius 3 is 1.34 bits per heavy atom. The predicted molar refractivity (Wildman–Crippen MR) is 145 cm³/mol. The highest BCUT2D eigenvalue weighted by Crippen LogP contribution is 2.30. The van der Waals surface area contributed by atoms with E-state index in [0.717, 1.165) is 0 Å². The Bertz CT molecular complexity index is 560. The third-order valence-electron chi connectivity index (χ3n) is 6.68. The van der Waals surface area contributed by atoms with E-state index in [9.17, 15) is 15.3 Å². The van der Waals surface area contributed by atoms with Crippen molar-refractivity contribution in [1.29, 1.82) is 0 Å². The molecule has 2 aliphatic rings. The molecule has 0 aromatic heterocycles. The van der Waals surface area contributed by atoms with Crippen molar-refractivity contribution < 1.29 is 29.5 Å². The van der Waals surface area contributed by atoms with Gasteiger partial charge in [0, 0.05) is 0 Å². The van der Waals surface area contributed by atoms with E-state index in [4.69, 9.17) is 14.2 Å². The molecule has 2 fully saturated rings. The van der Waals surface area contributed by atoms with Crippen molar-refractivity contribution in [3.05, 3.63) is 0 Å². The summed E-state index contributed by atoms with van der Waals surface area (Å²) >= 11 is 0. The largest absolute Gasteiger partial charge is 0.389 e. The van der Waals surface area contributed by atoms with E-state index in [-0.39, 0.29) is 69.5 Å². The van der Waals surface area contributed by atoms with Crippen LogP contribution in [0.3, 0.4) is 0 Å². The number of hydrogen-bond acceptors (Lipinski definition) is 8. The molecule has 0 spiro atoms. The Labute approximate surface area is 216 Å². The highest BCUT2D eigenvalue weighted by molar-refractivity contribution is 4.98. The summed E-state index contributed by atoms with van der Waals surface area (Å²) in [4.78, 5) is 3.91. The molecule has 0 aromatic carbocycles. The topological polar surface area (TPSA) is 94.9 Å². The van der Waals surface area contributed by atoms with Crippen molar-refractivity contribution in [2.24, 2.45) is 11.8 Å². The minimum atomic E-state index is -0.634. The first-order valence-corrected chi connectivity index (χ1v) is 12.4. The lowest BCUT2D eigenvalue weighted by Crippen LogP contribution is -2.63. The van der Waals surface area contributed by atoms with E-state index in [1.807, 2.05) is 79.5 Å². The van der Waals surface area contributed by atoms with Gasteiger partial charge in [-0.1, -0.05) is 42.5 Å². The quantitative estimate of drug-likeness (QED) is 0.504. The summed E-state index contributed by atoms with van der Waals surface area (Å²) in [5.74, 6) is 0.544. The van der Waals surface area contributed by atoms with Crippen LogP contribution in [0.25, 0.3) is 0 Å². The summed E-state index contributed by atoms with van der Waals surface area (Å²) in [6.07, 6.45) is -2.30. The van der Waals surface area contributed by atoms with Gasteiger partial charge < -0.3 is 39.3 Å². The van der Waals surface area contributed by atoms with Gasteiger partial charge in [-0.15, -0.1) is 0 Å². The summed E-state index contributed by atoms with van der Waals surface area (Å²) in [6, 6.07) is -0.273. The summed E-state index contributed by atoms with van der Waals surface area (Å²) < 4.78 is 17.5. The minimum absolute atomic E-state index is 0. The summed E-state index contributed by atoms with van der Waals surface area (Å²) in [6.45, 7) is 16.1. The fourth-order valence-electron chi connectivity index (χ4n) is 4.97. The molecule has 10 atom stereocenters. The number of aliphatic hydroxyl groups is 3. The van der Waals surface area contributed by atoms with Crippen LogP contribution in [-0.2, 0) is 14.2 Å². The van der Waals surface area contributed by atoms with Crippen LogP contribution in [0.4, 0.5) is 0 Å². The van der Waals surface area contributed by atoms with Crippen LogP contribution in [0.1, 0.15) is 70.2 Å². The molecular formula is C27H60N2O6. The van der Waals surface area contributed by atoms with Gasteiger partial charge >= 0.3 is 0 Å². The lowest BCUT2D eigenvalue weighted by Gasteiger charge is -2.48. The minimum Gasteiger partial charge on any atom is -0.389 e. The predicted octanol–water partition coefficient (Wildman–Crippen LogP) is 2.87. The zero-order valence-corrected chi connectivity index (χ0v) is 23.0. The average Bonchev–Trinajstić information content (AvgIpc) is 2.66. The van der Waals surface area contributed by atoms with Crippen LogP contribution < -0.4 is 0 Å². The molecule has 0 radical (unpaired) electrons. The van der Waals surface area contributed by atoms with Gasteiger partial charge in [0.2, 0.25) is 0 Å². The second-order valence-corrected chi connectivity index (χ2v) is 11.1. The number of hydrogen-bond donors (Lipinski definition) is 3. The first-order chi connectivity index (χ1) is 15.1. The lowest BCUT2D eigenvalue weighted by molar-refractivity contribution is -0.227. The average molecular weight is 509 g/mol. The molecule has 0 saturated carbocycles. The molecule has 2 aliphatic heterocycles. The van der Waals surface area contributed by atoms with E-state index in [0.29, 0.717) is 5.92 Å². The number of likely N-dealkylation sites (N-methyl/N-ethyl adjacent to an activating group) is 2. The Balaban J connectivity index is 0.